The number of aromatic nitrogens is 4. The number of H-pyrrole nitrogens is 1. The maximum atomic E-state index is 12.3. The normalized spacial score (nSPS) is 11.1. The third-order valence-corrected chi connectivity index (χ3v) is 3.44. The highest BCUT2D eigenvalue weighted by molar-refractivity contribution is 5.73. The van der Waals surface area contributed by atoms with Gasteiger partial charge in [-0.25, -0.2) is 4.98 Å². The van der Waals surface area contributed by atoms with Gasteiger partial charge in [0.1, 0.15) is 11.3 Å². The summed E-state index contributed by atoms with van der Waals surface area (Å²) in [5, 5.41) is 4.11. The van der Waals surface area contributed by atoms with Crippen LogP contribution in [0.5, 0.6) is 0 Å². The van der Waals surface area contributed by atoms with Gasteiger partial charge >= 0.3 is 0 Å². The number of benzene rings is 1. The number of hydrogen-bond donors (Lipinski definition) is 1. The summed E-state index contributed by atoms with van der Waals surface area (Å²) in [7, 11) is 0. The van der Waals surface area contributed by atoms with Crippen LogP contribution in [0.2, 0.25) is 0 Å². The van der Waals surface area contributed by atoms with Crippen LogP contribution in [0.1, 0.15) is 5.76 Å². The van der Waals surface area contributed by atoms with Crippen LogP contribution < -0.4 is 5.56 Å². The molecule has 108 valence electrons. The van der Waals surface area contributed by atoms with Crippen molar-refractivity contribution in [2.75, 3.05) is 0 Å². The molecular weight excluding hydrogens is 280 g/mol. The molecule has 0 radical (unpaired) electrons. The predicted octanol–water partition coefficient (Wildman–Crippen LogP) is 2.65. The van der Waals surface area contributed by atoms with Crippen molar-refractivity contribution in [3.8, 4) is 22.7 Å². The number of aryl methyl sites for hydroxylation is 1. The van der Waals surface area contributed by atoms with Crippen molar-refractivity contribution < 1.29 is 4.42 Å². The minimum absolute atomic E-state index is 0.206. The molecule has 6 nitrogen and oxygen atoms in total. The van der Waals surface area contributed by atoms with Gasteiger partial charge in [-0.05, 0) is 12.5 Å². The van der Waals surface area contributed by atoms with Crippen molar-refractivity contribution >= 4 is 5.65 Å². The molecule has 6 heteroatoms. The number of rotatable bonds is 2. The van der Waals surface area contributed by atoms with E-state index in [4.69, 9.17) is 4.42 Å². The summed E-state index contributed by atoms with van der Waals surface area (Å²) in [4.78, 5) is 19.7. The third kappa shape index (κ3) is 1.93. The van der Waals surface area contributed by atoms with Crippen LogP contribution in [0.4, 0.5) is 0 Å². The van der Waals surface area contributed by atoms with Gasteiger partial charge in [0.2, 0.25) is 5.89 Å². The van der Waals surface area contributed by atoms with E-state index in [0.29, 0.717) is 22.9 Å². The average Bonchev–Trinajstić information content (AvgIpc) is 3.14. The third-order valence-electron chi connectivity index (χ3n) is 3.44. The van der Waals surface area contributed by atoms with Crippen LogP contribution in [0.25, 0.3) is 28.4 Å². The van der Waals surface area contributed by atoms with Gasteiger partial charge in [-0.2, -0.15) is 9.61 Å². The molecule has 0 bridgehead atoms. The van der Waals surface area contributed by atoms with E-state index in [2.05, 4.69) is 15.1 Å². The van der Waals surface area contributed by atoms with Crippen LogP contribution in [0.15, 0.2) is 58.0 Å². The van der Waals surface area contributed by atoms with E-state index < -0.39 is 0 Å². The Balaban J connectivity index is 1.98. The molecule has 0 aliphatic carbocycles. The first-order valence-electron chi connectivity index (χ1n) is 6.81. The minimum Gasteiger partial charge on any atom is -0.441 e. The molecular formula is C16H12N4O2. The topological polar surface area (TPSA) is 76.2 Å². The zero-order valence-electron chi connectivity index (χ0n) is 11.8. The van der Waals surface area contributed by atoms with Gasteiger partial charge in [0, 0.05) is 6.07 Å². The Morgan fingerprint density at radius 2 is 2.00 bits per heavy atom. The lowest BCUT2D eigenvalue weighted by molar-refractivity contribution is 0.543. The number of aromatic amines is 1. The largest absolute Gasteiger partial charge is 0.441 e. The molecule has 0 unspecified atom stereocenters. The summed E-state index contributed by atoms with van der Waals surface area (Å²) < 4.78 is 6.84. The van der Waals surface area contributed by atoms with E-state index in [1.54, 1.807) is 12.4 Å². The Bertz CT molecular complexity index is 1010. The SMILES string of the molecule is Cc1cnc(-c2cnn3c(=O)cc(-c4ccccc4)[nH]c23)o1. The van der Waals surface area contributed by atoms with Crippen LogP contribution in [0, 0.1) is 6.92 Å². The standard InChI is InChI=1S/C16H12N4O2/c1-10-8-17-16(22-10)12-9-18-20-14(21)7-13(19-15(12)20)11-5-3-2-4-6-11/h2-9,19H,1H3. The van der Waals surface area contributed by atoms with Crippen molar-refractivity contribution in [1.29, 1.82) is 0 Å². The average molecular weight is 292 g/mol. The van der Waals surface area contributed by atoms with Crippen molar-refractivity contribution in [2.24, 2.45) is 0 Å². The molecule has 3 aromatic heterocycles. The Hall–Kier alpha value is -3.15. The molecule has 22 heavy (non-hydrogen) atoms. The van der Waals surface area contributed by atoms with Gasteiger partial charge in [-0.1, -0.05) is 30.3 Å². The van der Waals surface area contributed by atoms with Gasteiger partial charge < -0.3 is 9.40 Å². The highest BCUT2D eigenvalue weighted by atomic mass is 16.4. The molecule has 0 amide bonds. The smallest absolute Gasteiger partial charge is 0.274 e. The number of nitrogens with zero attached hydrogens (tertiary/aromatic N) is 3. The summed E-state index contributed by atoms with van der Waals surface area (Å²) in [6, 6.07) is 11.2. The molecule has 4 rings (SSSR count). The number of hydrogen-bond acceptors (Lipinski definition) is 4. The molecule has 0 saturated heterocycles. The second-order valence-corrected chi connectivity index (χ2v) is 4.98. The minimum atomic E-state index is -0.206. The summed E-state index contributed by atoms with van der Waals surface area (Å²) >= 11 is 0. The summed E-state index contributed by atoms with van der Waals surface area (Å²) in [6.07, 6.45) is 3.21. The van der Waals surface area contributed by atoms with Crippen molar-refractivity contribution in [2.45, 2.75) is 6.92 Å². The van der Waals surface area contributed by atoms with Crippen molar-refractivity contribution in [3.05, 3.63) is 64.9 Å². The van der Waals surface area contributed by atoms with Crippen molar-refractivity contribution in [3.63, 3.8) is 0 Å². The molecule has 0 spiro atoms. The summed E-state index contributed by atoms with van der Waals surface area (Å²) in [5.41, 5.74) is 2.67. The fourth-order valence-corrected chi connectivity index (χ4v) is 2.39. The van der Waals surface area contributed by atoms with Crippen LogP contribution in [-0.4, -0.2) is 19.6 Å². The molecule has 0 aliphatic heterocycles. The molecule has 3 heterocycles. The van der Waals surface area contributed by atoms with Gasteiger partial charge in [-0.3, -0.25) is 4.79 Å². The molecule has 4 aromatic rings. The lowest BCUT2D eigenvalue weighted by Crippen LogP contribution is -2.14. The van der Waals surface area contributed by atoms with Gasteiger partial charge in [0.25, 0.3) is 5.56 Å². The van der Waals surface area contributed by atoms with Crippen molar-refractivity contribution in [1.82, 2.24) is 19.6 Å². The van der Waals surface area contributed by atoms with Gasteiger partial charge in [0.05, 0.1) is 18.1 Å². The predicted molar refractivity (Wildman–Crippen MR) is 81.5 cm³/mol. The van der Waals surface area contributed by atoms with Crippen LogP contribution in [-0.2, 0) is 0 Å². The first-order valence-corrected chi connectivity index (χ1v) is 6.81. The molecule has 0 atom stereocenters. The summed E-state index contributed by atoms with van der Waals surface area (Å²) in [5.74, 6) is 1.14. The van der Waals surface area contributed by atoms with Crippen LogP contribution >= 0.6 is 0 Å². The van der Waals surface area contributed by atoms with E-state index in [1.807, 2.05) is 37.3 Å². The van der Waals surface area contributed by atoms with Gasteiger partial charge in [0.15, 0.2) is 5.65 Å². The van der Waals surface area contributed by atoms with E-state index in [-0.39, 0.29) is 5.56 Å². The second kappa shape index (κ2) is 4.70. The first-order chi connectivity index (χ1) is 10.7. The zero-order valence-corrected chi connectivity index (χ0v) is 11.8. The van der Waals surface area contributed by atoms with E-state index in [1.165, 1.54) is 10.6 Å². The zero-order chi connectivity index (χ0) is 15.1. The van der Waals surface area contributed by atoms with E-state index in [0.717, 1.165) is 11.3 Å². The second-order valence-electron chi connectivity index (χ2n) is 4.98. The molecule has 0 fully saturated rings. The van der Waals surface area contributed by atoms with E-state index in [9.17, 15) is 4.79 Å². The lowest BCUT2D eigenvalue weighted by atomic mass is 10.1. The van der Waals surface area contributed by atoms with Gasteiger partial charge in [-0.15, -0.1) is 0 Å². The highest BCUT2D eigenvalue weighted by Crippen LogP contribution is 2.24. The quantitative estimate of drug-likeness (QED) is 0.616. The number of nitrogens with one attached hydrogen (secondary N) is 1. The Morgan fingerprint density at radius 3 is 2.73 bits per heavy atom. The highest BCUT2D eigenvalue weighted by Gasteiger charge is 2.15. The molecule has 0 aliphatic rings. The number of fused-ring (bicyclic) bond motifs is 1. The Labute approximate surface area is 125 Å². The maximum absolute atomic E-state index is 12.3. The summed E-state index contributed by atoms with van der Waals surface area (Å²) in [6.45, 7) is 1.82. The molecule has 0 saturated carbocycles. The fourth-order valence-electron chi connectivity index (χ4n) is 2.39. The maximum Gasteiger partial charge on any atom is 0.274 e. The molecule has 1 aromatic carbocycles. The van der Waals surface area contributed by atoms with Crippen LogP contribution in [0.3, 0.4) is 0 Å². The lowest BCUT2D eigenvalue weighted by Gasteiger charge is -2.03. The Kier molecular flexibility index (Phi) is 2.69. The number of oxazole rings is 1. The Morgan fingerprint density at radius 1 is 1.18 bits per heavy atom. The fraction of sp³-hybridized carbons (Fsp3) is 0.0625. The first kappa shape index (κ1) is 12.6. The monoisotopic (exact) mass is 292 g/mol. The molecule has 1 N–H and O–H groups in total. The van der Waals surface area contributed by atoms with E-state index >= 15 is 0 Å².